The molecule has 2 aromatic rings. The topological polar surface area (TPSA) is 58.9 Å². The molecule has 0 unspecified atom stereocenters. The van der Waals surface area contributed by atoms with E-state index in [0.717, 1.165) is 38.5 Å². The Morgan fingerprint density at radius 2 is 1.08 bits per heavy atom. The lowest BCUT2D eigenvalue weighted by Gasteiger charge is -2.18. The molecule has 2 aromatic carbocycles. The number of unbranched alkanes of at least 4 members (excludes halogenated alkanes) is 6. The van der Waals surface area contributed by atoms with E-state index in [1.54, 1.807) is 12.1 Å². The van der Waals surface area contributed by atoms with E-state index in [4.69, 9.17) is 9.47 Å². The van der Waals surface area contributed by atoms with Crippen molar-refractivity contribution in [3.63, 3.8) is 0 Å². The van der Waals surface area contributed by atoms with Gasteiger partial charge in [0, 0.05) is 10.8 Å². The summed E-state index contributed by atoms with van der Waals surface area (Å²) in [6.07, 6.45) is 8.65. The maximum Gasteiger partial charge on any atom is 0.207 e. The van der Waals surface area contributed by atoms with Crippen LogP contribution in [-0.4, -0.2) is 23.4 Å². The van der Waals surface area contributed by atoms with Crippen molar-refractivity contribution in [3.05, 3.63) is 24.3 Å². The van der Waals surface area contributed by atoms with Gasteiger partial charge in [0.2, 0.25) is 11.5 Å². The van der Waals surface area contributed by atoms with Crippen molar-refractivity contribution < 1.29 is 19.7 Å². The van der Waals surface area contributed by atoms with Crippen molar-refractivity contribution in [2.75, 3.05) is 13.2 Å². The first-order chi connectivity index (χ1) is 12.7. The van der Waals surface area contributed by atoms with Gasteiger partial charge in [0.25, 0.3) is 0 Å². The van der Waals surface area contributed by atoms with E-state index in [1.165, 1.54) is 12.8 Å². The number of hydrogen-bond acceptors (Lipinski definition) is 4. The molecule has 0 amide bonds. The van der Waals surface area contributed by atoms with Crippen LogP contribution >= 0.6 is 0 Å². The van der Waals surface area contributed by atoms with Crippen molar-refractivity contribution >= 4 is 10.8 Å². The van der Waals surface area contributed by atoms with E-state index in [1.807, 2.05) is 12.1 Å². The minimum Gasteiger partial charge on any atom is -0.504 e. The molecule has 0 saturated heterocycles. The third kappa shape index (κ3) is 5.20. The molecule has 0 aliphatic heterocycles. The van der Waals surface area contributed by atoms with Gasteiger partial charge in [-0.15, -0.1) is 0 Å². The molecule has 2 rings (SSSR count). The third-order valence-corrected chi connectivity index (χ3v) is 4.56. The van der Waals surface area contributed by atoms with E-state index in [9.17, 15) is 10.2 Å². The predicted octanol–water partition coefficient (Wildman–Crippen LogP) is 6.17. The summed E-state index contributed by atoms with van der Waals surface area (Å²) < 4.78 is 11.7. The largest absolute Gasteiger partial charge is 0.504 e. The zero-order chi connectivity index (χ0) is 18.8. The van der Waals surface area contributed by atoms with Gasteiger partial charge in [0.1, 0.15) is 0 Å². The molecule has 4 heteroatoms. The smallest absolute Gasteiger partial charge is 0.207 e. The highest BCUT2D eigenvalue weighted by Crippen LogP contribution is 2.50. The molecule has 0 heterocycles. The Kier molecular flexibility index (Phi) is 8.39. The molecule has 0 aliphatic rings. The van der Waals surface area contributed by atoms with Gasteiger partial charge < -0.3 is 19.7 Å². The van der Waals surface area contributed by atoms with Gasteiger partial charge in [-0.05, 0) is 12.8 Å². The van der Waals surface area contributed by atoms with Gasteiger partial charge in [0.15, 0.2) is 11.5 Å². The van der Waals surface area contributed by atoms with Crippen molar-refractivity contribution in [3.8, 4) is 23.0 Å². The monoisotopic (exact) mass is 360 g/mol. The van der Waals surface area contributed by atoms with Gasteiger partial charge in [-0.25, -0.2) is 0 Å². The third-order valence-electron chi connectivity index (χ3n) is 4.56. The van der Waals surface area contributed by atoms with Crippen LogP contribution in [0.1, 0.15) is 65.2 Å². The predicted molar refractivity (Wildman–Crippen MR) is 107 cm³/mol. The van der Waals surface area contributed by atoms with E-state index in [0.29, 0.717) is 24.0 Å². The van der Waals surface area contributed by atoms with Crippen molar-refractivity contribution in [1.29, 1.82) is 0 Å². The molecule has 0 atom stereocenters. The number of phenolic OH excluding ortho intramolecular Hbond substituents is 2. The maximum absolute atomic E-state index is 10.7. The Labute approximate surface area is 156 Å². The van der Waals surface area contributed by atoms with E-state index < -0.39 is 0 Å². The van der Waals surface area contributed by atoms with Gasteiger partial charge in [-0.1, -0.05) is 76.6 Å². The van der Waals surface area contributed by atoms with Crippen LogP contribution in [-0.2, 0) is 0 Å². The lowest BCUT2D eigenvalue weighted by Crippen LogP contribution is -2.04. The fraction of sp³-hybridized carbons (Fsp3) is 0.545. The average Bonchev–Trinajstić information content (AvgIpc) is 2.66. The van der Waals surface area contributed by atoms with Crippen LogP contribution in [0.25, 0.3) is 10.8 Å². The molecule has 0 aliphatic carbocycles. The Balaban J connectivity index is 2.20. The highest BCUT2D eigenvalue weighted by atomic mass is 16.5. The maximum atomic E-state index is 10.7. The second kappa shape index (κ2) is 10.8. The molecule has 144 valence electrons. The van der Waals surface area contributed by atoms with Crippen LogP contribution in [0.5, 0.6) is 23.0 Å². The zero-order valence-electron chi connectivity index (χ0n) is 16.1. The molecule has 0 radical (unpaired) electrons. The summed E-state index contributed by atoms with van der Waals surface area (Å²) in [5, 5.41) is 22.5. The van der Waals surface area contributed by atoms with Gasteiger partial charge >= 0.3 is 0 Å². The Morgan fingerprint density at radius 1 is 0.654 bits per heavy atom. The Hall–Kier alpha value is -2.10. The number of aromatic hydroxyl groups is 2. The van der Waals surface area contributed by atoms with Crippen LogP contribution in [0, 0.1) is 0 Å². The van der Waals surface area contributed by atoms with Gasteiger partial charge in [0.05, 0.1) is 13.2 Å². The molecular formula is C22H32O4. The second-order valence-corrected chi connectivity index (χ2v) is 6.72. The fourth-order valence-electron chi connectivity index (χ4n) is 3.03. The second-order valence-electron chi connectivity index (χ2n) is 6.72. The summed E-state index contributed by atoms with van der Waals surface area (Å²) in [7, 11) is 0. The highest BCUT2D eigenvalue weighted by molar-refractivity contribution is 5.98. The van der Waals surface area contributed by atoms with Crippen LogP contribution in [0.4, 0.5) is 0 Å². The summed E-state index contributed by atoms with van der Waals surface area (Å²) >= 11 is 0. The summed E-state index contributed by atoms with van der Waals surface area (Å²) in [5.41, 5.74) is 0. The van der Waals surface area contributed by atoms with E-state index in [2.05, 4.69) is 13.8 Å². The lowest BCUT2D eigenvalue weighted by molar-refractivity contribution is 0.242. The number of fused-ring (bicyclic) bond motifs is 1. The number of rotatable bonds is 12. The molecule has 26 heavy (non-hydrogen) atoms. The zero-order valence-corrected chi connectivity index (χ0v) is 16.1. The Bertz CT molecular complexity index is 623. The number of benzene rings is 2. The van der Waals surface area contributed by atoms with E-state index >= 15 is 0 Å². The molecular weight excluding hydrogens is 328 g/mol. The summed E-state index contributed by atoms with van der Waals surface area (Å²) in [6, 6.07) is 7.22. The molecule has 0 bridgehead atoms. The molecule has 0 aromatic heterocycles. The van der Waals surface area contributed by atoms with Crippen LogP contribution < -0.4 is 9.47 Å². The summed E-state index contributed by atoms with van der Waals surface area (Å²) in [5.74, 6) is 0.594. The van der Waals surface area contributed by atoms with Crippen molar-refractivity contribution in [2.24, 2.45) is 0 Å². The minimum atomic E-state index is 0.0393. The standard InChI is InChI=1S/C22H32O4/c1-3-5-7-11-15-25-21-19(23)17-13-9-10-14-18(17)20(24)22(21)26-16-12-8-6-4-2/h9-10,13-14,23-24H,3-8,11-12,15-16H2,1-2H3. The quantitative estimate of drug-likeness (QED) is 0.351. The highest BCUT2D eigenvalue weighted by Gasteiger charge is 2.21. The Morgan fingerprint density at radius 3 is 1.46 bits per heavy atom. The van der Waals surface area contributed by atoms with Crippen molar-refractivity contribution in [1.82, 2.24) is 0 Å². The van der Waals surface area contributed by atoms with E-state index in [-0.39, 0.29) is 23.0 Å². The summed E-state index contributed by atoms with van der Waals surface area (Å²) in [6.45, 7) is 5.33. The first-order valence-electron chi connectivity index (χ1n) is 9.92. The van der Waals surface area contributed by atoms with Gasteiger partial charge in [-0.3, -0.25) is 0 Å². The first-order valence-corrected chi connectivity index (χ1v) is 9.92. The molecule has 2 N–H and O–H groups in total. The van der Waals surface area contributed by atoms with Gasteiger partial charge in [-0.2, -0.15) is 0 Å². The molecule has 0 fully saturated rings. The normalized spacial score (nSPS) is 11.0. The van der Waals surface area contributed by atoms with Crippen LogP contribution in [0.15, 0.2) is 24.3 Å². The molecule has 0 saturated carbocycles. The number of phenols is 2. The molecule has 4 nitrogen and oxygen atoms in total. The SMILES string of the molecule is CCCCCCOc1c(OCCCCCC)c(O)c2ccccc2c1O. The number of ether oxygens (including phenoxy) is 2. The number of hydrogen-bond donors (Lipinski definition) is 2. The molecule has 0 spiro atoms. The average molecular weight is 360 g/mol. The first kappa shape index (κ1) is 20.2. The van der Waals surface area contributed by atoms with Crippen molar-refractivity contribution in [2.45, 2.75) is 65.2 Å². The lowest BCUT2D eigenvalue weighted by atomic mass is 10.1. The van der Waals surface area contributed by atoms with Crippen LogP contribution in [0.2, 0.25) is 0 Å². The summed E-state index contributed by atoms with van der Waals surface area (Å²) in [4.78, 5) is 0. The fourth-order valence-corrected chi connectivity index (χ4v) is 3.03. The minimum absolute atomic E-state index is 0.0393. The van der Waals surface area contributed by atoms with Crippen LogP contribution in [0.3, 0.4) is 0 Å².